The van der Waals surface area contributed by atoms with Crippen LogP contribution in [0.1, 0.15) is 45.1 Å². The second kappa shape index (κ2) is 8.30. The molecule has 0 bridgehead atoms. The first-order valence-electron chi connectivity index (χ1n) is 11.5. The lowest BCUT2D eigenvalue weighted by atomic mass is 9.89. The number of ether oxygens (including phenoxy) is 2. The molecule has 5 rings (SSSR count). The smallest absolute Gasteiger partial charge is 0.410 e. The number of benzene rings is 1. The minimum absolute atomic E-state index is 0.0303. The van der Waals surface area contributed by atoms with Gasteiger partial charge in [0.05, 0.1) is 6.04 Å². The fourth-order valence-corrected chi connectivity index (χ4v) is 4.51. The van der Waals surface area contributed by atoms with Crippen molar-refractivity contribution < 1.29 is 19.1 Å². The molecule has 4 heterocycles. The molecule has 2 aliphatic heterocycles. The van der Waals surface area contributed by atoms with E-state index in [1.165, 1.54) is 0 Å². The van der Waals surface area contributed by atoms with Crippen molar-refractivity contribution in [1.29, 1.82) is 0 Å². The quantitative estimate of drug-likeness (QED) is 0.574. The van der Waals surface area contributed by atoms with Crippen molar-refractivity contribution in [3.05, 3.63) is 46.5 Å². The Morgan fingerprint density at radius 3 is 2.68 bits per heavy atom. The minimum Gasteiger partial charge on any atom is -0.475 e. The molecule has 2 fully saturated rings. The molecule has 1 aromatic carbocycles. The number of fused-ring (bicyclic) bond motifs is 2. The highest BCUT2D eigenvalue weighted by Gasteiger charge is 2.35. The molecule has 2 N–H and O–H groups in total. The summed E-state index contributed by atoms with van der Waals surface area (Å²) >= 11 is 0. The Bertz CT molecular complexity index is 1340. The summed E-state index contributed by atoms with van der Waals surface area (Å²) in [6.07, 6.45) is 4.30. The lowest BCUT2D eigenvalue weighted by Gasteiger charge is -2.40. The van der Waals surface area contributed by atoms with E-state index in [-0.39, 0.29) is 29.5 Å². The average molecular weight is 465 g/mol. The summed E-state index contributed by atoms with van der Waals surface area (Å²) in [4.78, 5) is 45.4. The van der Waals surface area contributed by atoms with Gasteiger partial charge in [0.25, 0.3) is 5.56 Å². The first-order chi connectivity index (χ1) is 16.2. The number of rotatable bonds is 4. The van der Waals surface area contributed by atoms with Crippen LogP contribution in [-0.4, -0.2) is 58.2 Å². The summed E-state index contributed by atoms with van der Waals surface area (Å²) in [5.41, 5.74) is 0.252. The maximum atomic E-state index is 12.6. The number of nitrogens with zero attached hydrogens (tertiary/aromatic N) is 2. The highest BCUT2D eigenvalue weighted by molar-refractivity contribution is 6.01. The largest absolute Gasteiger partial charge is 0.475 e. The van der Waals surface area contributed by atoms with Crippen molar-refractivity contribution in [3.8, 4) is 5.88 Å². The summed E-state index contributed by atoms with van der Waals surface area (Å²) in [5, 5.41) is 5.94. The summed E-state index contributed by atoms with van der Waals surface area (Å²) in [6.45, 7) is 6.91. The van der Waals surface area contributed by atoms with E-state index in [2.05, 4.69) is 15.3 Å². The van der Waals surface area contributed by atoms with Gasteiger partial charge in [-0.05, 0) is 61.7 Å². The molecular formula is C25H28N4O5. The predicted molar refractivity (Wildman–Crippen MR) is 127 cm³/mol. The number of amides is 2. The van der Waals surface area contributed by atoms with Gasteiger partial charge in [-0.1, -0.05) is 0 Å². The van der Waals surface area contributed by atoms with Gasteiger partial charge in [0.15, 0.2) is 0 Å². The third kappa shape index (κ3) is 4.30. The molecule has 9 nitrogen and oxygen atoms in total. The number of hydrogen-bond acceptors (Lipinski definition) is 6. The van der Waals surface area contributed by atoms with Gasteiger partial charge in [-0.2, -0.15) is 0 Å². The van der Waals surface area contributed by atoms with Crippen LogP contribution in [0.5, 0.6) is 5.88 Å². The van der Waals surface area contributed by atoms with Crippen molar-refractivity contribution in [2.24, 2.45) is 0 Å². The summed E-state index contributed by atoms with van der Waals surface area (Å²) in [7, 11) is 0. The Morgan fingerprint density at radius 2 is 1.97 bits per heavy atom. The van der Waals surface area contributed by atoms with E-state index in [1.54, 1.807) is 17.3 Å². The highest BCUT2D eigenvalue weighted by Crippen LogP contribution is 2.35. The van der Waals surface area contributed by atoms with E-state index in [9.17, 15) is 14.4 Å². The second-order valence-corrected chi connectivity index (χ2v) is 10.0. The van der Waals surface area contributed by atoms with Crippen molar-refractivity contribution in [2.45, 2.75) is 51.2 Å². The van der Waals surface area contributed by atoms with E-state index in [0.29, 0.717) is 37.4 Å². The van der Waals surface area contributed by atoms with Crippen LogP contribution in [0, 0.1) is 0 Å². The molecule has 1 unspecified atom stereocenters. The van der Waals surface area contributed by atoms with Crippen LogP contribution in [0.25, 0.3) is 21.5 Å². The average Bonchev–Trinajstić information content (AvgIpc) is 3.15. The molecule has 178 valence electrons. The van der Waals surface area contributed by atoms with E-state index in [0.717, 1.165) is 28.1 Å². The maximum Gasteiger partial charge on any atom is 0.410 e. The Balaban J connectivity index is 1.44. The van der Waals surface area contributed by atoms with Gasteiger partial charge < -0.3 is 24.7 Å². The monoisotopic (exact) mass is 464 g/mol. The molecule has 2 aromatic heterocycles. The molecule has 3 aromatic rings. The Kier molecular flexibility index (Phi) is 5.42. The van der Waals surface area contributed by atoms with Crippen LogP contribution in [0.3, 0.4) is 0 Å². The summed E-state index contributed by atoms with van der Waals surface area (Å²) in [6, 6.07) is 5.61. The molecule has 2 saturated heterocycles. The third-order valence-corrected chi connectivity index (χ3v) is 6.26. The number of nitrogens with one attached hydrogen (secondary N) is 2. The Morgan fingerprint density at radius 1 is 1.18 bits per heavy atom. The number of H-pyrrole nitrogens is 1. The van der Waals surface area contributed by atoms with Gasteiger partial charge in [0.2, 0.25) is 11.8 Å². The number of pyridine rings is 2. The zero-order valence-corrected chi connectivity index (χ0v) is 19.5. The van der Waals surface area contributed by atoms with E-state index < -0.39 is 5.60 Å². The number of aromatic amines is 1. The van der Waals surface area contributed by atoms with Crippen LogP contribution in [0.2, 0.25) is 0 Å². The SMILES string of the molecule is CC(C)(C)OC(=O)N1CC(c2c[nH]c(=O)c3cc4ccnc(OCC5CCC(=O)N5)c4cc23)C1. The Hall–Kier alpha value is -3.62. The molecule has 0 saturated carbocycles. The van der Waals surface area contributed by atoms with Gasteiger partial charge in [-0.3, -0.25) is 9.59 Å². The van der Waals surface area contributed by atoms with Crippen LogP contribution < -0.4 is 15.6 Å². The van der Waals surface area contributed by atoms with Crippen molar-refractivity contribution in [1.82, 2.24) is 20.2 Å². The molecule has 0 spiro atoms. The number of aromatic nitrogens is 2. The first-order valence-corrected chi connectivity index (χ1v) is 11.5. The lowest BCUT2D eigenvalue weighted by Crippen LogP contribution is -2.50. The standard InChI is InChI=1S/C25H28N4O5/c1-25(2,3)34-24(32)29-11-15(12-29)20-10-27-22(31)19-8-14-6-7-26-23(17(14)9-18(19)20)33-13-16-4-5-21(30)28-16/h6-10,15-16H,4-5,11-13H2,1-3H3,(H,27,31)(H,28,30). The first kappa shape index (κ1) is 22.2. The molecular weight excluding hydrogens is 436 g/mol. The molecule has 1 atom stereocenters. The maximum absolute atomic E-state index is 12.6. The molecule has 0 radical (unpaired) electrons. The second-order valence-electron chi connectivity index (χ2n) is 10.0. The summed E-state index contributed by atoms with van der Waals surface area (Å²) < 4.78 is 11.4. The molecule has 9 heteroatoms. The van der Waals surface area contributed by atoms with Crippen LogP contribution >= 0.6 is 0 Å². The van der Waals surface area contributed by atoms with Crippen LogP contribution in [0.15, 0.2) is 35.4 Å². The Labute approximate surface area is 196 Å². The molecule has 2 amide bonds. The van der Waals surface area contributed by atoms with E-state index in [4.69, 9.17) is 9.47 Å². The van der Waals surface area contributed by atoms with Gasteiger partial charge in [-0.15, -0.1) is 0 Å². The number of carbonyl (C=O) groups excluding carboxylic acids is 2. The molecule has 2 aliphatic rings. The van der Waals surface area contributed by atoms with Crippen molar-refractivity contribution in [2.75, 3.05) is 19.7 Å². The predicted octanol–water partition coefficient (Wildman–Crippen LogP) is 3.07. The molecule has 0 aliphatic carbocycles. The minimum atomic E-state index is -0.545. The van der Waals surface area contributed by atoms with Gasteiger partial charge in [0, 0.05) is 48.6 Å². The number of hydrogen-bond donors (Lipinski definition) is 2. The van der Waals surface area contributed by atoms with E-state index >= 15 is 0 Å². The number of likely N-dealkylation sites (tertiary alicyclic amines) is 1. The van der Waals surface area contributed by atoms with E-state index in [1.807, 2.05) is 39.0 Å². The fourth-order valence-electron chi connectivity index (χ4n) is 4.51. The normalized spacial score (nSPS) is 18.7. The highest BCUT2D eigenvalue weighted by atomic mass is 16.6. The van der Waals surface area contributed by atoms with Crippen LogP contribution in [0.4, 0.5) is 4.79 Å². The van der Waals surface area contributed by atoms with Crippen molar-refractivity contribution >= 4 is 33.5 Å². The third-order valence-electron chi connectivity index (χ3n) is 6.26. The van der Waals surface area contributed by atoms with Crippen molar-refractivity contribution in [3.63, 3.8) is 0 Å². The topological polar surface area (TPSA) is 114 Å². The molecule has 34 heavy (non-hydrogen) atoms. The van der Waals surface area contributed by atoms with Gasteiger partial charge in [0.1, 0.15) is 12.2 Å². The zero-order chi connectivity index (χ0) is 24.0. The number of carbonyl (C=O) groups is 2. The fraction of sp³-hybridized carbons (Fsp3) is 0.440. The van der Waals surface area contributed by atoms with Crippen LogP contribution in [-0.2, 0) is 9.53 Å². The van der Waals surface area contributed by atoms with Gasteiger partial charge >= 0.3 is 6.09 Å². The van der Waals surface area contributed by atoms with Gasteiger partial charge in [-0.25, -0.2) is 9.78 Å². The zero-order valence-electron chi connectivity index (χ0n) is 19.5. The summed E-state index contributed by atoms with van der Waals surface area (Å²) in [5.74, 6) is 0.588. The lowest BCUT2D eigenvalue weighted by molar-refractivity contribution is -0.119.